The zero-order valence-electron chi connectivity index (χ0n) is 21.0. The Balaban J connectivity index is 1.68. The number of anilines is 1. The largest absolute Gasteiger partial charge is 0.435 e. The average Bonchev–Trinajstić information content (AvgIpc) is 3.19. The molecular weight excluding hydrogens is 487 g/mol. The van der Waals surface area contributed by atoms with Crippen molar-refractivity contribution in [3.63, 3.8) is 0 Å². The van der Waals surface area contributed by atoms with Crippen molar-refractivity contribution in [2.24, 2.45) is 22.8 Å². The van der Waals surface area contributed by atoms with Crippen molar-refractivity contribution in [3.05, 3.63) is 40.7 Å². The van der Waals surface area contributed by atoms with Gasteiger partial charge in [-0.05, 0) is 61.6 Å². The number of ketones is 2. The van der Waals surface area contributed by atoms with Crippen molar-refractivity contribution in [1.82, 2.24) is 9.78 Å². The molecule has 1 heterocycles. The van der Waals surface area contributed by atoms with Crippen LogP contribution in [0.15, 0.2) is 18.2 Å². The number of hydrogen-bond acceptors (Lipinski definition) is 6. The molecule has 1 fully saturated rings. The van der Waals surface area contributed by atoms with Gasteiger partial charge in [0.25, 0.3) is 5.91 Å². The molecule has 0 unspecified atom stereocenters. The van der Waals surface area contributed by atoms with Crippen LogP contribution in [0.25, 0.3) is 5.69 Å². The molecular formula is C26H32F3N5O3. The van der Waals surface area contributed by atoms with Gasteiger partial charge in [0, 0.05) is 24.6 Å². The molecule has 1 aromatic carbocycles. The monoisotopic (exact) mass is 519 g/mol. The molecule has 200 valence electrons. The van der Waals surface area contributed by atoms with E-state index < -0.39 is 29.0 Å². The number of primary amides is 1. The van der Waals surface area contributed by atoms with E-state index in [-0.39, 0.29) is 54.0 Å². The lowest BCUT2D eigenvalue weighted by Gasteiger charge is -2.30. The van der Waals surface area contributed by atoms with Gasteiger partial charge in [-0.3, -0.25) is 14.4 Å². The third kappa shape index (κ3) is 5.71. The first-order valence-electron chi connectivity index (χ1n) is 12.4. The summed E-state index contributed by atoms with van der Waals surface area (Å²) in [7, 11) is 0. The van der Waals surface area contributed by atoms with E-state index in [1.54, 1.807) is 6.07 Å². The van der Waals surface area contributed by atoms with E-state index in [2.05, 4.69) is 10.4 Å². The van der Waals surface area contributed by atoms with Crippen LogP contribution in [-0.4, -0.2) is 39.8 Å². The number of carbonyl (C=O) groups excluding carboxylic acids is 3. The Morgan fingerprint density at radius 3 is 2.43 bits per heavy atom. The van der Waals surface area contributed by atoms with Crippen LogP contribution >= 0.6 is 0 Å². The minimum absolute atomic E-state index is 0.00173. The maximum Gasteiger partial charge on any atom is 0.435 e. The molecule has 0 saturated heterocycles. The predicted octanol–water partition coefficient (Wildman–Crippen LogP) is 4.03. The van der Waals surface area contributed by atoms with Gasteiger partial charge in [-0.15, -0.1) is 0 Å². The van der Waals surface area contributed by atoms with Crippen LogP contribution in [0.1, 0.15) is 84.5 Å². The highest BCUT2D eigenvalue weighted by molar-refractivity contribution is 6.00. The Kier molecular flexibility index (Phi) is 7.20. The van der Waals surface area contributed by atoms with Crippen LogP contribution in [0.2, 0.25) is 0 Å². The molecule has 1 aromatic heterocycles. The summed E-state index contributed by atoms with van der Waals surface area (Å²) in [4.78, 5) is 36.6. The predicted molar refractivity (Wildman–Crippen MR) is 132 cm³/mol. The first kappa shape index (κ1) is 26.8. The van der Waals surface area contributed by atoms with Crippen LogP contribution < -0.4 is 16.8 Å². The second-order valence-electron chi connectivity index (χ2n) is 10.9. The van der Waals surface area contributed by atoms with Gasteiger partial charge >= 0.3 is 6.18 Å². The molecule has 0 atom stereocenters. The standard InChI is InChI=1S/C26H32F3N5O3/c1-25(2)11-20-22(21(36)12-25)23(26(27,28)29)33-34(20)16-7-8-18(24(31)37)19(10-16)32-15-5-3-14(4-6-15)9-17(35)13-30/h7-8,10,14-15,32H,3-6,9,11-13,30H2,1-2H3,(H2,31,37). The number of alkyl halides is 3. The van der Waals surface area contributed by atoms with Crippen molar-refractivity contribution < 1.29 is 27.6 Å². The van der Waals surface area contributed by atoms with Crippen molar-refractivity contribution in [2.75, 3.05) is 11.9 Å². The third-order valence-corrected chi connectivity index (χ3v) is 7.28. The van der Waals surface area contributed by atoms with Crippen molar-refractivity contribution in [2.45, 2.75) is 71.0 Å². The van der Waals surface area contributed by atoms with Gasteiger partial charge in [0.15, 0.2) is 11.5 Å². The Bertz CT molecular complexity index is 1230. The molecule has 11 heteroatoms. The number of hydrogen-bond donors (Lipinski definition) is 3. The molecule has 2 aromatic rings. The molecule has 2 aliphatic carbocycles. The number of aromatic nitrogens is 2. The maximum absolute atomic E-state index is 13.8. The molecule has 0 radical (unpaired) electrons. The number of nitrogens with zero attached hydrogens (tertiary/aromatic N) is 2. The Morgan fingerprint density at radius 1 is 1.16 bits per heavy atom. The van der Waals surface area contributed by atoms with E-state index in [1.807, 2.05) is 13.8 Å². The van der Waals surface area contributed by atoms with Gasteiger partial charge in [0.1, 0.15) is 5.78 Å². The quantitative estimate of drug-likeness (QED) is 0.506. The van der Waals surface area contributed by atoms with Crippen LogP contribution in [0.3, 0.4) is 0 Å². The average molecular weight is 520 g/mol. The smallest absolute Gasteiger partial charge is 0.382 e. The summed E-state index contributed by atoms with van der Waals surface area (Å²) in [6, 6.07) is 4.50. The molecule has 8 nitrogen and oxygen atoms in total. The van der Waals surface area contributed by atoms with E-state index in [0.717, 1.165) is 25.7 Å². The maximum atomic E-state index is 13.8. The van der Waals surface area contributed by atoms with Crippen molar-refractivity contribution in [3.8, 4) is 5.69 Å². The highest BCUT2D eigenvalue weighted by Gasteiger charge is 2.45. The zero-order valence-corrected chi connectivity index (χ0v) is 21.0. The lowest BCUT2D eigenvalue weighted by atomic mass is 9.75. The van der Waals surface area contributed by atoms with E-state index in [1.165, 1.54) is 16.8 Å². The first-order chi connectivity index (χ1) is 17.3. The lowest BCUT2D eigenvalue weighted by Crippen LogP contribution is -2.29. The molecule has 0 spiro atoms. The van der Waals surface area contributed by atoms with Gasteiger partial charge in [0.2, 0.25) is 0 Å². The van der Waals surface area contributed by atoms with Crippen molar-refractivity contribution in [1.29, 1.82) is 0 Å². The van der Waals surface area contributed by atoms with Crippen LogP contribution in [0.4, 0.5) is 18.9 Å². The molecule has 5 N–H and O–H groups in total. The highest BCUT2D eigenvalue weighted by Crippen LogP contribution is 2.42. The Hall–Kier alpha value is -3.21. The lowest BCUT2D eigenvalue weighted by molar-refractivity contribution is -0.141. The third-order valence-electron chi connectivity index (χ3n) is 7.28. The van der Waals surface area contributed by atoms with Crippen LogP contribution in [-0.2, 0) is 17.4 Å². The minimum Gasteiger partial charge on any atom is -0.382 e. The topological polar surface area (TPSA) is 133 Å². The van der Waals surface area contributed by atoms with Gasteiger partial charge in [0.05, 0.1) is 29.1 Å². The van der Waals surface area contributed by atoms with Crippen LogP contribution in [0, 0.1) is 11.3 Å². The zero-order chi connectivity index (χ0) is 27.1. The molecule has 0 aliphatic heterocycles. The fourth-order valence-corrected chi connectivity index (χ4v) is 5.49. The number of Topliss-reactive ketones (excluding diaryl/α,β-unsaturated/α-hetero) is 2. The molecule has 37 heavy (non-hydrogen) atoms. The van der Waals surface area contributed by atoms with E-state index in [4.69, 9.17) is 11.5 Å². The second kappa shape index (κ2) is 9.92. The first-order valence-corrected chi connectivity index (χ1v) is 12.4. The Morgan fingerprint density at radius 2 is 1.84 bits per heavy atom. The number of fused-ring (bicyclic) bond motifs is 1. The summed E-state index contributed by atoms with van der Waals surface area (Å²) >= 11 is 0. The fraction of sp³-hybridized carbons (Fsp3) is 0.538. The molecule has 2 aliphatic rings. The van der Waals surface area contributed by atoms with Crippen molar-refractivity contribution >= 4 is 23.2 Å². The summed E-state index contributed by atoms with van der Waals surface area (Å²) in [5, 5.41) is 7.17. The van der Waals surface area contributed by atoms with Gasteiger partial charge in [-0.2, -0.15) is 18.3 Å². The van der Waals surface area contributed by atoms with Gasteiger partial charge < -0.3 is 16.8 Å². The van der Waals surface area contributed by atoms with Crippen LogP contribution in [0.5, 0.6) is 0 Å². The number of rotatable bonds is 7. The summed E-state index contributed by atoms with van der Waals surface area (Å²) in [5.41, 5.74) is 10.0. The fourth-order valence-electron chi connectivity index (χ4n) is 5.49. The SMILES string of the molecule is CC1(C)CC(=O)c2c(C(F)(F)F)nn(-c3ccc(C(N)=O)c(NC4CCC(CC(=O)CN)CC4)c3)c2C1. The summed E-state index contributed by atoms with van der Waals surface area (Å²) in [5.74, 6) is -0.969. The number of nitrogens with one attached hydrogen (secondary N) is 1. The number of amides is 1. The van der Waals surface area contributed by atoms with E-state index >= 15 is 0 Å². The van der Waals surface area contributed by atoms with Gasteiger partial charge in [-0.1, -0.05) is 13.8 Å². The normalized spacial score (nSPS) is 21.4. The summed E-state index contributed by atoms with van der Waals surface area (Å²) in [6.45, 7) is 3.70. The number of nitrogens with two attached hydrogens (primary N) is 2. The van der Waals surface area contributed by atoms with Gasteiger partial charge in [-0.25, -0.2) is 4.68 Å². The number of carbonyl (C=O) groups is 3. The summed E-state index contributed by atoms with van der Waals surface area (Å²) < 4.78 is 42.7. The minimum atomic E-state index is -4.79. The number of benzene rings is 1. The molecule has 4 rings (SSSR count). The summed E-state index contributed by atoms with van der Waals surface area (Å²) in [6.07, 6.45) is -0.963. The van der Waals surface area contributed by atoms with E-state index in [9.17, 15) is 27.6 Å². The number of halogens is 3. The second-order valence-corrected chi connectivity index (χ2v) is 10.9. The molecule has 0 bridgehead atoms. The van der Waals surface area contributed by atoms with E-state index in [0.29, 0.717) is 17.8 Å². The highest BCUT2D eigenvalue weighted by atomic mass is 19.4. The molecule has 1 amide bonds. The molecule has 1 saturated carbocycles. The Labute approximate surface area is 212 Å².